The minimum Gasteiger partial charge on any atom is -0.349 e. The molecule has 1 aliphatic heterocycles. The van der Waals surface area contributed by atoms with Crippen molar-refractivity contribution in [3.63, 3.8) is 0 Å². The first-order valence-electron chi connectivity index (χ1n) is 6.26. The summed E-state index contributed by atoms with van der Waals surface area (Å²) in [4.78, 5) is 0. The van der Waals surface area contributed by atoms with E-state index in [1.54, 1.807) is 0 Å². The second kappa shape index (κ2) is 5.70. The fraction of sp³-hybridized carbons (Fsp3) is 0.571. The molecule has 0 radical (unpaired) electrons. The molecule has 1 N–H and O–H groups in total. The molecule has 3 nitrogen and oxygen atoms in total. The summed E-state index contributed by atoms with van der Waals surface area (Å²) in [6.45, 7) is 7.42. The third-order valence-electron chi connectivity index (χ3n) is 3.10. The first-order valence-corrected chi connectivity index (χ1v) is 7.05. The summed E-state index contributed by atoms with van der Waals surface area (Å²) in [5, 5.41) is 3.53. The van der Waals surface area contributed by atoms with Crippen LogP contribution in [0.25, 0.3) is 0 Å². The Hall–Kier alpha value is -0.420. The summed E-state index contributed by atoms with van der Waals surface area (Å²) in [5.74, 6) is -0.447. The summed E-state index contributed by atoms with van der Waals surface area (Å²) in [7, 11) is 0. The van der Waals surface area contributed by atoms with Gasteiger partial charge in [0, 0.05) is 10.5 Å². The molecule has 4 heteroatoms. The third-order valence-corrected chi connectivity index (χ3v) is 3.59. The minimum absolute atomic E-state index is 0.243. The van der Waals surface area contributed by atoms with Gasteiger partial charge >= 0.3 is 0 Å². The van der Waals surface area contributed by atoms with E-state index < -0.39 is 5.79 Å². The Balaban J connectivity index is 1.90. The number of ether oxygens (including phenoxy) is 2. The quantitative estimate of drug-likeness (QED) is 0.929. The lowest BCUT2D eigenvalue weighted by atomic mass is 10.1. The molecule has 1 heterocycles. The molecule has 18 heavy (non-hydrogen) atoms. The average Bonchev–Trinajstić information content (AvgIpc) is 2.32. The van der Waals surface area contributed by atoms with Crippen LogP contribution in [0.2, 0.25) is 0 Å². The Labute approximate surface area is 117 Å². The molecule has 1 aromatic rings. The van der Waals surface area contributed by atoms with Gasteiger partial charge in [-0.2, -0.15) is 0 Å². The highest BCUT2D eigenvalue weighted by atomic mass is 79.9. The standard InChI is InChI=1S/C14H20BrNO2/c1-10(11-5-4-6-12(15)7-11)16-13-8-17-14(2,3)18-9-13/h4-7,10,13,16H,8-9H2,1-3H3/t10-/m0/s1. The van der Waals surface area contributed by atoms with Crippen LogP contribution in [0.3, 0.4) is 0 Å². The van der Waals surface area contributed by atoms with Crippen molar-refractivity contribution in [1.29, 1.82) is 0 Å². The fourth-order valence-corrected chi connectivity index (χ4v) is 2.43. The third kappa shape index (κ3) is 3.79. The van der Waals surface area contributed by atoms with Gasteiger partial charge in [0.25, 0.3) is 0 Å². The zero-order valence-corrected chi connectivity index (χ0v) is 12.7. The largest absolute Gasteiger partial charge is 0.349 e. The molecule has 0 spiro atoms. The summed E-state index contributed by atoms with van der Waals surface area (Å²) < 4.78 is 12.4. The van der Waals surface area contributed by atoms with Crippen LogP contribution >= 0.6 is 15.9 Å². The first kappa shape index (κ1) is 14.0. The molecule has 0 unspecified atom stereocenters. The van der Waals surface area contributed by atoms with Gasteiger partial charge in [0.2, 0.25) is 0 Å². The molecule has 1 aliphatic rings. The van der Waals surface area contributed by atoms with Gasteiger partial charge in [0.15, 0.2) is 5.79 Å². The highest BCUT2D eigenvalue weighted by molar-refractivity contribution is 9.10. The molecule has 2 rings (SSSR count). The Kier molecular flexibility index (Phi) is 4.43. The SMILES string of the molecule is C[C@H](NC1COC(C)(C)OC1)c1cccc(Br)c1. The van der Waals surface area contributed by atoms with Gasteiger partial charge < -0.3 is 14.8 Å². The predicted molar refractivity (Wildman–Crippen MR) is 75.5 cm³/mol. The molecule has 1 atom stereocenters. The Bertz CT molecular complexity index is 399. The molecular formula is C14H20BrNO2. The van der Waals surface area contributed by atoms with E-state index in [1.165, 1.54) is 5.56 Å². The number of hydrogen-bond acceptors (Lipinski definition) is 3. The van der Waals surface area contributed by atoms with E-state index in [2.05, 4.69) is 46.4 Å². The molecule has 1 saturated heterocycles. The fourth-order valence-electron chi connectivity index (χ4n) is 2.01. The number of halogens is 1. The van der Waals surface area contributed by atoms with Crippen molar-refractivity contribution < 1.29 is 9.47 Å². The van der Waals surface area contributed by atoms with Crippen molar-refractivity contribution in [2.45, 2.75) is 38.6 Å². The number of rotatable bonds is 3. The van der Waals surface area contributed by atoms with Gasteiger partial charge in [-0.25, -0.2) is 0 Å². The van der Waals surface area contributed by atoms with Gasteiger partial charge in [-0.3, -0.25) is 0 Å². The van der Waals surface area contributed by atoms with Crippen LogP contribution in [0.5, 0.6) is 0 Å². The highest BCUT2D eigenvalue weighted by Gasteiger charge is 2.28. The number of benzene rings is 1. The average molecular weight is 314 g/mol. The van der Waals surface area contributed by atoms with E-state index in [4.69, 9.17) is 9.47 Å². The summed E-state index contributed by atoms with van der Waals surface area (Å²) >= 11 is 3.49. The van der Waals surface area contributed by atoms with Gasteiger partial charge in [0.1, 0.15) is 0 Å². The monoisotopic (exact) mass is 313 g/mol. The molecule has 0 bridgehead atoms. The van der Waals surface area contributed by atoms with Crippen molar-refractivity contribution in [3.05, 3.63) is 34.3 Å². The maximum Gasteiger partial charge on any atom is 0.162 e. The normalized spacial score (nSPS) is 21.8. The zero-order chi connectivity index (χ0) is 13.2. The molecule has 1 aromatic carbocycles. The van der Waals surface area contributed by atoms with Crippen LogP contribution in [0.4, 0.5) is 0 Å². The molecule has 0 aliphatic carbocycles. The lowest BCUT2D eigenvalue weighted by Crippen LogP contribution is -2.49. The van der Waals surface area contributed by atoms with Crippen LogP contribution in [-0.2, 0) is 9.47 Å². The molecule has 1 fully saturated rings. The maximum absolute atomic E-state index is 5.64. The van der Waals surface area contributed by atoms with Gasteiger partial charge in [-0.1, -0.05) is 28.1 Å². The first-order chi connectivity index (χ1) is 8.46. The predicted octanol–water partition coefficient (Wildman–Crippen LogP) is 3.25. The lowest BCUT2D eigenvalue weighted by Gasteiger charge is -2.36. The van der Waals surface area contributed by atoms with E-state index in [9.17, 15) is 0 Å². The van der Waals surface area contributed by atoms with Gasteiger partial charge in [0.05, 0.1) is 19.3 Å². The van der Waals surface area contributed by atoms with Crippen LogP contribution in [0, 0.1) is 0 Å². The van der Waals surface area contributed by atoms with E-state index in [1.807, 2.05) is 19.9 Å². The molecule has 0 aromatic heterocycles. The Morgan fingerprint density at radius 2 is 2.00 bits per heavy atom. The van der Waals surface area contributed by atoms with E-state index in [-0.39, 0.29) is 12.1 Å². The van der Waals surface area contributed by atoms with E-state index in [0.29, 0.717) is 13.2 Å². The lowest BCUT2D eigenvalue weighted by molar-refractivity contribution is -0.253. The van der Waals surface area contributed by atoms with Gasteiger partial charge in [-0.15, -0.1) is 0 Å². The van der Waals surface area contributed by atoms with Crippen LogP contribution in [0.15, 0.2) is 28.7 Å². The van der Waals surface area contributed by atoms with Crippen molar-refractivity contribution in [2.75, 3.05) is 13.2 Å². The van der Waals surface area contributed by atoms with Crippen LogP contribution < -0.4 is 5.32 Å². The second-order valence-electron chi connectivity index (χ2n) is 5.16. The Morgan fingerprint density at radius 3 is 2.61 bits per heavy atom. The summed E-state index contributed by atoms with van der Waals surface area (Å²) in [6.07, 6.45) is 0. The summed E-state index contributed by atoms with van der Waals surface area (Å²) in [5.41, 5.74) is 1.26. The van der Waals surface area contributed by atoms with Crippen LogP contribution in [-0.4, -0.2) is 25.0 Å². The zero-order valence-electron chi connectivity index (χ0n) is 11.1. The molecular weight excluding hydrogens is 294 g/mol. The highest BCUT2D eigenvalue weighted by Crippen LogP contribution is 2.21. The van der Waals surface area contributed by atoms with Crippen molar-refractivity contribution in [1.82, 2.24) is 5.32 Å². The Morgan fingerprint density at radius 1 is 1.33 bits per heavy atom. The second-order valence-corrected chi connectivity index (χ2v) is 6.08. The summed E-state index contributed by atoms with van der Waals surface area (Å²) in [6, 6.07) is 8.86. The van der Waals surface area contributed by atoms with Crippen molar-refractivity contribution in [3.8, 4) is 0 Å². The van der Waals surface area contributed by atoms with E-state index >= 15 is 0 Å². The smallest absolute Gasteiger partial charge is 0.162 e. The maximum atomic E-state index is 5.64. The molecule has 100 valence electrons. The van der Waals surface area contributed by atoms with E-state index in [0.717, 1.165) is 4.47 Å². The molecule has 0 saturated carbocycles. The van der Waals surface area contributed by atoms with Gasteiger partial charge in [-0.05, 0) is 38.5 Å². The van der Waals surface area contributed by atoms with Crippen molar-refractivity contribution in [2.24, 2.45) is 0 Å². The van der Waals surface area contributed by atoms with Crippen LogP contribution in [0.1, 0.15) is 32.4 Å². The topological polar surface area (TPSA) is 30.5 Å². The minimum atomic E-state index is -0.447. The number of hydrogen-bond donors (Lipinski definition) is 1. The molecule has 0 amide bonds. The number of nitrogens with one attached hydrogen (secondary N) is 1. The van der Waals surface area contributed by atoms with Crippen molar-refractivity contribution >= 4 is 15.9 Å².